The van der Waals surface area contributed by atoms with Crippen LogP contribution in [-0.4, -0.2) is 63.1 Å². The van der Waals surface area contributed by atoms with Gasteiger partial charge >= 0.3 is 0 Å². The Balaban J connectivity index is 0.000000103. The lowest BCUT2D eigenvalue weighted by molar-refractivity contribution is 0.661. The third-order valence-corrected chi connectivity index (χ3v) is 30.8. The zero-order chi connectivity index (χ0) is 98.2. The first-order valence-electron chi connectivity index (χ1n) is 49.9. The first-order chi connectivity index (χ1) is 73.6. The van der Waals surface area contributed by atoms with Crippen molar-refractivity contribution >= 4 is 185 Å². The van der Waals surface area contributed by atoms with Crippen LogP contribution in [0.15, 0.2) is 468 Å². The molecular formula is C132H81N13O3S. The predicted molar refractivity (Wildman–Crippen MR) is 607 cm³/mol. The van der Waals surface area contributed by atoms with Crippen LogP contribution in [0.1, 0.15) is 25.0 Å². The zero-order valence-corrected chi connectivity index (χ0v) is 81.1. The van der Waals surface area contributed by atoms with Crippen molar-refractivity contribution in [3.05, 3.63) is 466 Å². The number of benzene rings is 20. The number of fused-ring (bicyclic) bond motifs is 27. The molecule has 0 unspecified atom stereocenters. The maximum atomic E-state index is 6.32. The van der Waals surface area contributed by atoms with Crippen LogP contribution >= 0.6 is 11.3 Å². The highest BCUT2D eigenvalue weighted by atomic mass is 32.1. The van der Waals surface area contributed by atoms with Gasteiger partial charge in [-0.2, -0.15) is 29.9 Å². The molecule has 698 valence electrons. The maximum Gasteiger partial charge on any atom is 0.238 e. The van der Waals surface area contributed by atoms with Crippen molar-refractivity contribution in [3.63, 3.8) is 0 Å². The van der Waals surface area contributed by atoms with E-state index in [1.807, 2.05) is 163 Å². The van der Waals surface area contributed by atoms with Gasteiger partial charge in [-0.1, -0.05) is 329 Å². The fraction of sp³-hybridized carbons (Fsp3) is 0.0227. The van der Waals surface area contributed by atoms with Crippen molar-refractivity contribution < 1.29 is 13.3 Å². The van der Waals surface area contributed by atoms with Crippen molar-refractivity contribution in [1.29, 1.82) is 0 Å². The van der Waals surface area contributed by atoms with Crippen LogP contribution in [0.4, 0.5) is 0 Å². The van der Waals surface area contributed by atoms with Gasteiger partial charge in [-0.15, -0.1) is 11.3 Å². The summed E-state index contributed by atoms with van der Waals surface area (Å²) in [5, 5.41) is 18.1. The molecule has 0 fully saturated rings. The summed E-state index contributed by atoms with van der Waals surface area (Å²) in [6.07, 6.45) is 0. The molecule has 0 N–H and O–H groups in total. The van der Waals surface area contributed by atoms with Gasteiger partial charge in [0.2, 0.25) is 17.8 Å². The smallest absolute Gasteiger partial charge is 0.238 e. The summed E-state index contributed by atoms with van der Waals surface area (Å²) in [6, 6.07) is 158. The molecule has 17 heteroatoms. The number of thiophene rings is 1. The first kappa shape index (κ1) is 84.9. The van der Waals surface area contributed by atoms with Crippen molar-refractivity contribution in [2.24, 2.45) is 0 Å². The van der Waals surface area contributed by atoms with E-state index in [4.69, 9.17) is 58.1 Å². The molecule has 0 aliphatic heterocycles. The second kappa shape index (κ2) is 33.7. The lowest BCUT2D eigenvalue weighted by Crippen LogP contribution is -2.14. The van der Waals surface area contributed by atoms with Gasteiger partial charge < -0.3 is 17.8 Å². The fourth-order valence-electron chi connectivity index (χ4n) is 22.8. The predicted octanol–water partition coefficient (Wildman–Crippen LogP) is 34.0. The van der Waals surface area contributed by atoms with Crippen LogP contribution < -0.4 is 0 Å². The number of rotatable bonds is 11. The van der Waals surface area contributed by atoms with Crippen LogP contribution in [0.3, 0.4) is 0 Å². The molecule has 11 aromatic heterocycles. The summed E-state index contributed by atoms with van der Waals surface area (Å²) in [7, 11) is 0. The Morgan fingerprint density at radius 2 is 0.564 bits per heavy atom. The lowest BCUT2D eigenvalue weighted by atomic mass is 9.82. The Morgan fingerprint density at radius 1 is 0.188 bits per heavy atom. The Labute approximate surface area is 854 Å². The van der Waals surface area contributed by atoms with Crippen molar-refractivity contribution in [1.82, 2.24) is 63.1 Å². The zero-order valence-electron chi connectivity index (χ0n) is 80.2. The number of nitrogens with zero attached hydrogens (tertiary/aromatic N) is 13. The van der Waals surface area contributed by atoms with Crippen LogP contribution in [-0.2, 0) is 5.41 Å². The van der Waals surface area contributed by atoms with Gasteiger partial charge in [0.05, 0.1) is 44.1 Å². The second-order valence-corrected chi connectivity index (χ2v) is 39.7. The van der Waals surface area contributed by atoms with Crippen molar-refractivity contribution in [2.45, 2.75) is 19.3 Å². The molecule has 1 aliphatic carbocycles. The van der Waals surface area contributed by atoms with Gasteiger partial charge in [0.15, 0.2) is 34.9 Å². The van der Waals surface area contributed by atoms with Crippen molar-refractivity contribution in [3.8, 4) is 114 Å². The van der Waals surface area contributed by atoms with E-state index in [1.54, 1.807) is 0 Å². The molecule has 16 nitrogen and oxygen atoms in total. The van der Waals surface area contributed by atoms with E-state index in [0.717, 1.165) is 176 Å². The van der Waals surface area contributed by atoms with Gasteiger partial charge in [0.25, 0.3) is 0 Å². The highest BCUT2D eigenvalue weighted by Crippen LogP contribution is 2.53. The third-order valence-electron chi connectivity index (χ3n) is 29.7. The molecule has 31 aromatic rings. The standard InChI is InChI=1S/C48H32N4O.C45H27N5O.C39H22N4OS/c1-48(2)38-22-9-6-18-32(38)36-28-41-37(27-39(36)48)33-19-7-10-23-40(33)52(41)47-50-45(31-17-12-16-30(26-31)29-14-4-3-5-15-29)49-46(51-47)35-21-13-25-43-44(35)34-20-8-11-24-42(34)53-43;1-3-13-28(14-4-1)43-46-44(29-23-24-42-36(25-29)33-19-9-12-22-41(33)51-42)48-45(47-43)50-38-21-11-8-18-32(38)35-26-39-34(27-40(35)50)31-17-7-10-20-37(31)49(39)30-15-5-2-6-16-30;1-2-10-23(11-3-1)37-40-38(24-18-19-27-26-13-5-8-16-33(26)44-34(27)20-24)42-39(41-37)43-31-15-7-4-12-25(31)29-22-36-30(21-32(29)43)28-14-6-9-17-35(28)45-36/h3-28H,1-2H3;1-27H;1-22H. The van der Waals surface area contributed by atoms with E-state index < -0.39 is 0 Å². The van der Waals surface area contributed by atoms with E-state index >= 15 is 0 Å². The molecule has 20 aromatic carbocycles. The molecule has 0 amide bonds. The van der Waals surface area contributed by atoms with Crippen LogP contribution in [0.2, 0.25) is 0 Å². The van der Waals surface area contributed by atoms with E-state index in [2.05, 4.69) is 335 Å². The average Bonchev–Trinajstić information content (AvgIpc) is 1.55. The Morgan fingerprint density at radius 3 is 1.17 bits per heavy atom. The SMILES string of the molecule is CC1(C)c2ccccc2-c2cc3c(cc21)c1ccccc1n3-c1nc(-c2cccc(-c3ccccc3)c2)nc(-c2cccc3oc4ccccc4c23)n1.c1ccc(-c2nc(-c3ccc4c(c3)oc3ccccc34)nc(-n3c4ccccc4c4cc5sc6ccccc6c5cc43)n2)cc1.c1ccc(-c2nc(-c3ccc4oc5ccccc5c4c3)nc(-n3c4ccccc4c4cc5c(cc43)c3ccccc3n5-c3ccccc3)n2)cc1. The minimum absolute atomic E-state index is 0.118. The number of hydrogen-bond donors (Lipinski definition) is 0. The van der Waals surface area contributed by atoms with Gasteiger partial charge in [-0.05, 0) is 173 Å². The number of hydrogen-bond acceptors (Lipinski definition) is 13. The minimum atomic E-state index is -0.118. The molecule has 0 atom stereocenters. The molecule has 1 aliphatic rings. The molecule has 0 spiro atoms. The quantitative estimate of drug-likeness (QED) is 0.120. The molecule has 149 heavy (non-hydrogen) atoms. The monoisotopic (exact) mass is 1930 g/mol. The lowest BCUT2D eigenvalue weighted by Gasteiger charge is -2.21. The largest absolute Gasteiger partial charge is 0.456 e. The third kappa shape index (κ3) is 13.8. The van der Waals surface area contributed by atoms with E-state index in [9.17, 15) is 0 Å². The highest BCUT2D eigenvalue weighted by Gasteiger charge is 2.37. The van der Waals surface area contributed by atoms with E-state index in [-0.39, 0.29) is 5.41 Å². The molecular weight excluding hydrogens is 1850 g/mol. The molecule has 11 heterocycles. The number of para-hydroxylation sites is 8. The molecule has 0 radical (unpaired) electrons. The first-order valence-corrected chi connectivity index (χ1v) is 50.8. The summed E-state index contributed by atoms with van der Waals surface area (Å²) in [5.74, 6) is 5.32. The van der Waals surface area contributed by atoms with E-state index in [0.29, 0.717) is 52.8 Å². The normalized spacial score (nSPS) is 12.4. The highest BCUT2D eigenvalue weighted by molar-refractivity contribution is 7.25. The molecule has 0 saturated heterocycles. The fourth-order valence-corrected chi connectivity index (χ4v) is 23.9. The minimum Gasteiger partial charge on any atom is -0.456 e. The van der Waals surface area contributed by atoms with E-state index in [1.165, 1.54) is 69.4 Å². The average molecular weight is 1930 g/mol. The molecule has 32 rings (SSSR count). The summed E-state index contributed by atoms with van der Waals surface area (Å²) in [5.41, 5.74) is 27.5. The topological polar surface area (TPSA) is 175 Å². The summed E-state index contributed by atoms with van der Waals surface area (Å²) >= 11 is 1.83. The van der Waals surface area contributed by atoms with Crippen molar-refractivity contribution in [2.75, 3.05) is 0 Å². The van der Waals surface area contributed by atoms with Gasteiger partial charge in [0.1, 0.15) is 33.5 Å². The summed E-state index contributed by atoms with van der Waals surface area (Å²) in [4.78, 5) is 46.7. The Kier molecular flexibility index (Phi) is 19.2. The Hall–Kier alpha value is -19.8. The van der Waals surface area contributed by atoms with Gasteiger partial charge in [-0.25, -0.2) is 15.0 Å². The number of aromatic nitrogens is 13. The van der Waals surface area contributed by atoms with Gasteiger partial charge in [-0.3, -0.25) is 13.7 Å². The Bertz CT molecular complexity index is 11000. The summed E-state index contributed by atoms with van der Waals surface area (Å²) in [6.45, 7) is 4.66. The van der Waals surface area contributed by atoms with Gasteiger partial charge in [0, 0.05) is 140 Å². The summed E-state index contributed by atoms with van der Waals surface area (Å²) < 4.78 is 30.2. The maximum absolute atomic E-state index is 6.32. The second-order valence-electron chi connectivity index (χ2n) is 38.6. The van der Waals surface area contributed by atoms with Crippen LogP contribution in [0.5, 0.6) is 0 Å². The molecule has 0 bridgehead atoms. The molecule has 0 saturated carbocycles. The number of furan rings is 3. The van der Waals surface area contributed by atoms with Crippen LogP contribution in [0.25, 0.3) is 287 Å². The van der Waals surface area contributed by atoms with Crippen LogP contribution in [0, 0.1) is 0 Å².